The molecule has 3 nitrogen and oxygen atoms in total. The maximum atomic E-state index is 12.0. The molecule has 0 heterocycles. The first-order valence-electron chi connectivity index (χ1n) is 6.50. The monoisotopic (exact) mass is 220 g/mol. The van der Waals surface area contributed by atoms with Gasteiger partial charge in [0.25, 0.3) is 0 Å². The highest BCUT2D eigenvalue weighted by Crippen LogP contribution is 2.85. The van der Waals surface area contributed by atoms with Gasteiger partial charge in [-0.2, -0.15) is 0 Å². The molecular formula is C13H16O3. The van der Waals surface area contributed by atoms with Crippen LogP contribution >= 0.6 is 0 Å². The van der Waals surface area contributed by atoms with Gasteiger partial charge in [0.2, 0.25) is 0 Å². The lowest BCUT2D eigenvalue weighted by Crippen LogP contribution is -2.58. The highest BCUT2D eigenvalue weighted by Gasteiger charge is 2.86. The van der Waals surface area contributed by atoms with Crippen LogP contribution in [0, 0.1) is 47.3 Å². The topological polar surface area (TPSA) is 46.5 Å². The van der Waals surface area contributed by atoms with E-state index in [-0.39, 0.29) is 17.8 Å². The van der Waals surface area contributed by atoms with Crippen LogP contribution in [0.2, 0.25) is 0 Å². The Kier molecular flexibility index (Phi) is 1.10. The van der Waals surface area contributed by atoms with E-state index in [0.717, 1.165) is 11.8 Å². The maximum Gasteiger partial charge on any atom is 0.338 e. The van der Waals surface area contributed by atoms with E-state index in [4.69, 9.17) is 4.74 Å². The Bertz CT molecular complexity index is 413. The van der Waals surface area contributed by atoms with E-state index < -0.39 is 5.60 Å². The zero-order valence-corrected chi connectivity index (χ0v) is 9.30. The van der Waals surface area contributed by atoms with Crippen molar-refractivity contribution in [2.24, 2.45) is 47.3 Å². The molecule has 5 rings (SSSR count). The van der Waals surface area contributed by atoms with Crippen molar-refractivity contribution in [1.29, 1.82) is 0 Å². The van der Waals surface area contributed by atoms with Crippen LogP contribution in [0.15, 0.2) is 0 Å². The van der Waals surface area contributed by atoms with Gasteiger partial charge in [0, 0.05) is 11.8 Å². The predicted octanol–water partition coefficient (Wildman–Crippen LogP) is 0.668. The van der Waals surface area contributed by atoms with Crippen LogP contribution in [0.5, 0.6) is 0 Å². The number of carbonyl (C=O) groups excluding carboxylic acids is 1. The third-order valence-corrected chi connectivity index (χ3v) is 6.89. The Morgan fingerprint density at radius 3 is 2.56 bits per heavy atom. The lowest BCUT2D eigenvalue weighted by Gasteiger charge is -2.50. The molecule has 5 aliphatic carbocycles. The molecule has 0 aromatic rings. The number of hydrogen-bond acceptors (Lipinski definition) is 3. The first-order chi connectivity index (χ1) is 7.69. The van der Waals surface area contributed by atoms with Gasteiger partial charge >= 0.3 is 5.97 Å². The van der Waals surface area contributed by atoms with Crippen molar-refractivity contribution in [3.63, 3.8) is 0 Å². The van der Waals surface area contributed by atoms with Gasteiger partial charge in [-0.05, 0) is 48.3 Å². The molecule has 3 heteroatoms. The number of carbonyl (C=O) groups is 1. The minimum absolute atomic E-state index is 0.245. The number of fused-ring (bicyclic) bond motifs is 2. The van der Waals surface area contributed by atoms with Crippen LogP contribution < -0.4 is 0 Å². The van der Waals surface area contributed by atoms with Gasteiger partial charge in [0.15, 0.2) is 5.60 Å². The summed E-state index contributed by atoms with van der Waals surface area (Å²) >= 11 is 0. The molecule has 2 bridgehead atoms. The Labute approximate surface area is 94.2 Å². The van der Waals surface area contributed by atoms with Gasteiger partial charge in [-0.1, -0.05) is 0 Å². The van der Waals surface area contributed by atoms with Gasteiger partial charge in [-0.3, -0.25) is 0 Å². The number of hydrogen-bond donors (Lipinski definition) is 1. The minimum Gasteiger partial charge on any atom is -0.467 e. The zero-order valence-electron chi connectivity index (χ0n) is 9.30. The van der Waals surface area contributed by atoms with Gasteiger partial charge < -0.3 is 9.84 Å². The second-order valence-corrected chi connectivity index (χ2v) is 6.65. The molecule has 5 saturated carbocycles. The Morgan fingerprint density at radius 2 is 1.81 bits per heavy atom. The molecule has 0 saturated heterocycles. The van der Waals surface area contributed by atoms with E-state index in [9.17, 15) is 9.90 Å². The summed E-state index contributed by atoms with van der Waals surface area (Å²) in [6, 6.07) is 0. The molecule has 5 fully saturated rings. The second kappa shape index (κ2) is 2.07. The molecule has 0 aromatic carbocycles. The standard InChI is InChI=1S/C13H16O3/c1-16-12(14)13(15)10-5-3-6-8-4(5)2-7(10)9(8)11(6)13/h4-11,15H,2-3H2,1H3. The van der Waals surface area contributed by atoms with Crippen molar-refractivity contribution in [3.8, 4) is 0 Å². The fraction of sp³-hybridized carbons (Fsp3) is 0.923. The van der Waals surface area contributed by atoms with E-state index in [1.807, 2.05) is 0 Å². The van der Waals surface area contributed by atoms with Gasteiger partial charge in [-0.25, -0.2) is 4.79 Å². The first kappa shape index (κ1) is 8.51. The van der Waals surface area contributed by atoms with E-state index in [2.05, 4.69) is 0 Å². The van der Waals surface area contributed by atoms with Crippen molar-refractivity contribution in [2.75, 3.05) is 7.11 Å². The molecule has 16 heavy (non-hydrogen) atoms. The SMILES string of the molecule is COC(=O)C1(O)C2C3CC4C5C3CC2C5C41. The molecule has 0 amide bonds. The van der Waals surface area contributed by atoms with Crippen molar-refractivity contribution < 1.29 is 14.6 Å². The largest absolute Gasteiger partial charge is 0.467 e. The molecule has 0 aromatic heterocycles. The number of methoxy groups -OCH3 is 1. The number of esters is 1. The van der Waals surface area contributed by atoms with Gasteiger partial charge in [0.1, 0.15) is 0 Å². The summed E-state index contributed by atoms with van der Waals surface area (Å²) in [6.45, 7) is 0. The average Bonchev–Trinajstić information content (AvgIpc) is 2.75. The molecule has 0 radical (unpaired) electrons. The quantitative estimate of drug-likeness (QED) is 0.661. The molecule has 1 N–H and O–H groups in total. The lowest BCUT2D eigenvalue weighted by atomic mass is 9.56. The highest BCUT2D eigenvalue weighted by atomic mass is 16.5. The summed E-state index contributed by atoms with van der Waals surface area (Å²) in [5.74, 6) is 4.47. The molecule has 9 unspecified atom stereocenters. The third-order valence-electron chi connectivity index (χ3n) is 6.89. The minimum atomic E-state index is -1.10. The van der Waals surface area contributed by atoms with Crippen molar-refractivity contribution in [3.05, 3.63) is 0 Å². The fourth-order valence-corrected chi connectivity index (χ4v) is 6.99. The van der Waals surface area contributed by atoms with E-state index in [1.54, 1.807) is 0 Å². The summed E-state index contributed by atoms with van der Waals surface area (Å²) in [5, 5.41) is 10.9. The summed E-state index contributed by atoms with van der Waals surface area (Å²) in [4.78, 5) is 12.0. The Morgan fingerprint density at radius 1 is 1.12 bits per heavy atom. The molecule has 0 spiro atoms. The molecule has 86 valence electrons. The molecule has 9 atom stereocenters. The fourth-order valence-electron chi connectivity index (χ4n) is 6.99. The van der Waals surface area contributed by atoms with E-state index in [1.165, 1.54) is 20.0 Å². The smallest absolute Gasteiger partial charge is 0.338 e. The van der Waals surface area contributed by atoms with Crippen LogP contribution in [-0.2, 0) is 9.53 Å². The summed E-state index contributed by atoms with van der Waals surface area (Å²) in [6.07, 6.45) is 2.58. The molecular weight excluding hydrogens is 204 g/mol. The summed E-state index contributed by atoms with van der Waals surface area (Å²) in [5.41, 5.74) is -1.10. The lowest BCUT2D eigenvalue weighted by molar-refractivity contribution is -0.189. The number of aliphatic hydroxyl groups is 1. The number of rotatable bonds is 1. The normalized spacial score (nSPS) is 71.1. The Hall–Kier alpha value is -0.570. The third kappa shape index (κ3) is 0.516. The first-order valence-corrected chi connectivity index (χ1v) is 6.50. The van der Waals surface area contributed by atoms with E-state index in [0.29, 0.717) is 23.7 Å². The van der Waals surface area contributed by atoms with Gasteiger partial charge in [-0.15, -0.1) is 0 Å². The predicted molar refractivity (Wildman–Crippen MR) is 54.1 cm³/mol. The Balaban J connectivity index is 1.72. The summed E-state index contributed by atoms with van der Waals surface area (Å²) < 4.78 is 4.89. The van der Waals surface area contributed by atoms with Crippen LogP contribution in [0.3, 0.4) is 0 Å². The van der Waals surface area contributed by atoms with Crippen molar-refractivity contribution >= 4 is 5.97 Å². The van der Waals surface area contributed by atoms with E-state index >= 15 is 0 Å². The van der Waals surface area contributed by atoms with Crippen LogP contribution in [0.4, 0.5) is 0 Å². The zero-order chi connectivity index (χ0) is 10.8. The van der Waals surface area contributed by atoms with Crippen LogP contribution in [0.25, 0.3) is 0 Å². The van der Waals surface area contributed by atoms with Crippen LogP contribution in [-0.4, -0.2) is 23.8 Å². The maximum absolute atomic E-state index is 12.0. The van der Waals surface area contributed by atoms with Crippen molar-refractivity contribution in [1.82, 2.24) is 0 Å². The van der Waals surface area contributed by atoms with Crippen LogP contribution in [0.1, 0.15) is 12.8 Å². The highest BCUT2D eigenvalue weighted by molar-refractivity contribution is 5.82. The molecule has 0 aliphatic heterocycles. The summed E-state index contributed by atoms with van der Waals surface area (Å²) in [7, 11) is 1.41. The second-order valence-electron chi connectivity index (χ2n) is 6.65. The average molecular weight is 220 g/mol. The number of ether oxygens (including phenoxy) is 1. The molecule has 5 aliphatic rings. The van der Waals surface area contributed by atoms with Crippen molar-refractivity contribution in [2.45, 2.75) is 18.4 Å². The van der Waals surface area contributed by atoms with Gasteiger partial charge in [0.05, 0.1) is 7.11 Å².